The van der Waals surface area contributed by atoms with Crippen molar-refractivity contribution >= 4 is 29.5 Å². The Kier molecular flexibility index (Phi) is 8.04. The van der Waals surface area contributed by atoms with Gasteiger partial charge < -0.3 is 19.8 Å². The number of fused-ring (bicyclic) bond motifs is 2. The number of carbonyl (C=O) groups is 3. The van der Waals surface area contributed by atoms with E-state index in [4.69, 9.17) is 0 Å². The minimum absolute atomic E-state index is 0.0151. The number of aliphatic hydroxyl groups excluding tert-OH is 1. The van der Waals surface area contributed by atoms with Gasteiger partial charge in [0.2, 0.25) is 17.7 Å². The molecule has 4 aliphatic rings. The molecule has 4 aliphatic heterocycles. The fourth-order valence-corrected chi connectivity index (χ4v) is 8.95. The van der Waals surface area contributed by atoms with E-state index < -0.39 is 22.6 Å². The Bertz CT molecular complexity index is 1330. The van der Waals surface area contributed by atoms with Gasteiger partial charge in [-0.1, -0.05) is 85.0 Å². The van der Waals surface area contributed by atoms with Gasteiger partial charge in [-0.25, -0.2) is 0 Å². The maximum Gasteiger partial charge on any atom is 0.247 e. The molecule has 3 amide bonds. The largest absolute Gasteiger partial charge is 0.396 e. The van der Waals surface area contributed by atoms with Crippen LogP contribution in [-0.2, 0) is 27.5 Å². The van der Waals surface area contributed by atoms with Crippen LogP contribution in [0.2, 0.25) is 0 Å². The second-order valence-electron chi connectivity index (χ2n) is 11.4. The van der Waals surface area contributed by atoms with E-state index in [9.17, 15) is 19.5 Å². The first-order chi connectivity index (χ1) is 20.0. The minimum atomic E-state index is -0.804. The van der Waals surface area contributed by atoms with Crippen LogP contribution in [-0.4, -0.2) is 79.8 Å². The van der Waals surface area contributed by atoms with Crippen LogP contribution in [0.4, 0.5) is 0 Å². The summed E-state index contributed by atoms with van der Waals surface area (Å²) in [6, 6.07) is 19.2. The molecule has 0 radical (unpaired) electrons. The number of likely N-dealkylation sites (tertiary alicyclic amines) is 1. The normalized spacial score (nSPS) is 28.9. The minimum Gasteiger partial charge on any atom is -0.396 e. The van der Waals surface area contributed by atoms with Gasteiger partial charge in [-0.2, -0.15) is 0 Å². The molecule has 6 rings (SSSR count). The van der Waals surface area contributed by atoms with E-state index in [1.807, 2.05) is 82.6 Å². The third-order valence-electron chi connectivity index (χ3n) is 8.82. The van der Waals surface area contributed by atoms with Crippen LogP contribution in [0.3, 0.4) is 0 Å². The van der Waals surface area contributed by atoms with Gasteiger partial charge in [0, 0.05) is 44.6 Å². The number of rotatable bonds is 9. The first kappa shape index (κ1) is 27.8. The zero-order valence-electron chi connectivity index (χ0n) is 23.2. The third kappa shape index (κ3) is 5.12. The predicted octanol–water partition coefficient (Wildman–Crippen LogP) is 3.64. The van der Waals surface area contributed by atoms with Crippen molar-refractivity contribution in [2.45, 2.75) is 48.4 Å². The topological polar surface area (TPSA) is 81.2 Å². The van der Waals surface area contributed by atoms with Gasteiger partial charge in [-0.3, -0.25) is 14.4 Å². The van der Waals surface area contributed by atoms with E-state index >= 15 is 0 Å². The van der Waals surface area contributed by atoms with Crippen LogP contribution >= 0.6 is 11.8 Å². The Labute approximate surface area is 245 Å². The second-order valence-corrected chi connectivity index (χ2v) is 12.9. The van der Waals surface area contributed by atoms with Crippen molar-refractivity contribution in [3.8, 4) is 0 Å². The molecule has 2 saturated heterocycles. The molecule has 2 fully saturated rings. The summed E-state index contributed by atoms with van der Waals surface area (Å²) < 4.78 is -0.804. The van der Waals surface area contributed by atoms with E-state index in [1.54, 1.807) is 16.7 Å². The molecule has 0 aliphatic carbocycles. The van der Waals surface area contributed by atoms with Crippen LogP contribution in [0.25, 0.3) is 0 Å². The van der Waals surface area contributed by atoms with Crippen LogP contribution in [0.1, 0.15) is 30.4 Å². The van der Waals surface area contributed by atoms with Crippen LogP contribution < -0.4 is 0 Å². The van der Waals surface area contributed by atoms with E-state index in [0.29, 0.717) is 45.6 Å². The number of amides is 3. The monoisotopic (exact) mass is 571 g/mol. The molecule has 2 aromatic carbocycles. The fourth-order valence-electron chi connectivity index (χ4n) is 6.94. The summed E-state index contributed by atoms with van der Waals surface area (Å²) in [7, 11) is 0. The summed E-state index contributed by atoms with van der Waals surface area (Å²) in [6.07, 6.45) is 10.4. The quantitative estimate of drug-likeness (QED) is 0.367. The average Bonchev–Trinajstić information content (AvgIpc) is 3.31. The second kappa shape index (κ2) is 11.9. The maximum absolute atomic E-state index is 14.4. The number of unbranched alkanes of at least 4 members (excludes halogenated alkanes) is 2. The highest BCUT2D eigenvalue weighted by atomic mass is 32.2. The Balaban J connectivity index is 1.34. The highest BCUT2D eigenvalue weighted by molar-refractivity contribution is 8.02. The van der Waals surface area contributed by atoms with Crippen molar-refractivity contribution in [3.05, 3.63) is 96.1 Å². The Morgan fingerprint density at radius 1 is 0.780 bits per heavy atom. The molecule has 214 valence electrons. The lowest BCUT2D eigenvalue weighted by Gasteiger charge is -2.35. The molecule has 2 aromatic rings. The van der Waals surface area contributed by atoms with Crippen LogP contribution in [0.15, 0.2) is 85.0 Å². The SMILES string of the molecule is O=C1C2N(CCCCCO)C(=O)[C@@H]3[C@@H]4C(=O)N(Cc5ccccc5)CC=C[C@@H]4S[C@]23C=CCN1Cc1ccccc1. The van der Waals surface area contributed by atoms with Crippen molar-refractivity contribution in [2.75, 3.05) is 26.2 Å². The van der Waals surface area contributed by atoms with Gasteiger partial charge in [-0.05, 0) is 30.4 Å². The van der Waals surface area contributed by atoms with Crippen molar-refractivity contribution in [2.24, 2.45) is 11.8 Å². The standard InChI is InChI=1S/C33H37N3O4S/c37-21-9-3-8-20-36-29-32(40)35(23-25-14-6-2-7-15-25)19-11-17-33(29)28(31(36)39)27-26(41-33)16-10-18-34(30(27)38)22-24-12-4-1-5-13-24/h1-2,4-7,10-17,26-29,37H,3,8-9,18-23H2/t26-,27+,28-,29?,33-/m0/s1. The van der Waals surface area contributed by atoms with Crippen LogP contribution in [0, 0.1) is 11.8 Å². The van der Waals surface area contributed by atoms with E-state index in [2.05, 4.69) is 12.2 Å². The average molecular weight is 572 g/mol. The number of carbonyl (C=O) groups excluding carboxylic acids is 3. The predicted molar refractivity (Wildman–Crippen MR) is 160 cm³/mol. The van der Waals surface area contributed by atoms with E-state index in [1.165, 1.54) is 0 Å². The summed E-state index contributed by atoms with van der Waals surface area (Å²) in [5.74, 6) is -1.30. The Hall–Kier alpha value is -3.36. The molecule has 41 heavy (non-hydrogen) atoms. The summed E-state index contributed by atoms with van der Waals surface area (Å²) in [6.45, 7) is 2.47. The summed E-state index contributed by atoms with van der Waals surface area (Å²) >= 11 is 1.63. The molecular weight excluding hydrogens is 534 g/mol. The van der Waals surface area contributed by atoms with Gasteiger partial charge >= 0.3 is 0 Å². The molecule has 1 N–H and O–H groups in total. The van der Waals surface area contributed by atoms with Gasteiger partial charge in [0.05, 0.1) is 16.6 Å². The molecule has 4 heterocycles. The van der Waals surface area contributed by atoms with E-state index in [-0.39, 0.29) is 29.6 Å². The molecule has 5 atom stereocenters. The van der Waals surface area contributed by atoms with Gasteiger partial charge in [-0.15, -0.1) is 11.8 Å². The summed E-state index contributed by atoms with van der Waals surface area (Å²) in [5.41, 5.74) is 2.09. The summed E-state index contributed by atoms with van der Waals surface area (Å²) in [5, 5.41) is 9.12. The molecular formula is C33H37N3O4S. The number of aliphatic hydroxyl groups is 1. The number of thioether (sulfide) groups is 1. The summed E-state index contributed by atoms with van der Waals surface area (Å²) in [4.78, 5) is 48.5. The highest BCUT2D eigenvalue weighted by Gasteiger charge is 2.70. The first-order valence-electron chi connectivity index (χ1n) is 14.6. The zero-order chi connectivity index (χ0) is 28.4. The zero-order valence-corrected chi connectivity index (χ0v) is 24.0. The van der Waals surface area contributed by atoms with Crippen molar-refractivity contribution in [3.63, 3.8) is 0 Å². The molecule has 1 unspecified atom stereocenters. The van der Waals surface area contributed by atoms with Gasteiger partial charge in [0.25, 0.3) is 0 Å². The fraction of sp³-hybridized carbons (Fsp3) is 0.424. The van der Waals surface area contributed by atoms with Gasteiger partial charge in [0.15, 0.2) is 0 Å². The highest BCUT2D eigenvalue weighted by Crippen LogP contribution is 2.61. The Morgan fingerprint density at radius 3 is 2.07 bits per heavy atom. The van der Waals surface area contributed by atoms with Crippen molar-refractivity contribution < 1.29 is 19.5 Å². The number of hydrogen-bond acceptors (Lipinski definition) is 5. The molecule has 7 nitrogen and oxygen atoms in total. The number of hydrogen-bond donors (Lipinski definition) is 1. The maximum atomic E-state index is 14.4. The molecule has 0 bridgehead atoms. The smallest absolute Gasteiger partial charge is 0.247 e. The molecule has 0 aromatic heterocycles. The lowest BCUT2D eigenvalue weighted by atomic mass is 9.78. The lowest BCUT2D eigenvalue weighted by Crippen LogP contribution is -2.53. The lowest BCUT2D eigenvalue weighted by molar-refractivity contribution is -0.144. The van der Waals surface area contributed by atoms with Crippen molar-refractivity contribution in [1.29, 1.82) is 0 Å². The third-order valence-corrected chi connectivity index (χ3v) is 10.6. The van der Waals surface area contributed by atoms with Crippen LogP contribution in [0.5, 0.6) is 0 Å². The first-order valence-corrected chi connectivity index (χ1v) is 15.5. The van der Waals surface area contributed by atoms with E-state index in [0.717, 1.165) is 17.5 Å². The Morgan fingerprint density at radius 2 is 1.41 bits per heavy atom. The van der Waals surface area contributed by atoms with Gasteiger partial charge in [0.1, 0.15) is 6.04 Å². The number of benzene rings is 2. The molecule has 8 heteroatoms. The number of nitrogens with zero attached hydrogens (tertiary/aromatic N) is 3. The molecule has 1 spiro atoms. The van der Waals surface area contributed by atoms with Crippen molar-refractivity contribution in [1.82, 2.24) is 14.7 Å². The molecule has 0 saturated carbocycles.